The number of nitrogen functional groups attached to an aromatic ring is 1. The molecule has 2 unspecified atom stereocenters. The molecule has 0 bridgehead atoms. The van der Waals surface area contributed by atoms with E-state index in [0.29, 0.717) is 17.3 Å². The number of amides is 1. The Labute approximate surface area is 222 Å². The van der Waals surface area contributed by atoms with E-state index in [4.69, 9.17) is 15.2 Å². The molecule has 200 valence electrons. The number of hydrogen-bond donors (Lipinski definition) is 2. The van der Waals surface area contributed by atoms with Crippen LogP contribution in [0, 0.1) is 6.92 Å². The van der Waals surface area contributed by atoms with Crippen LogP contribution in [0.15, 0.2) is 63.0 Å². The van der Waals surface area contributed by atoms with Gasteiger partial charge in [-0.3, -0.25) is 4.79 Å². The predicted molar refractivity (Wildman–Crippen MR) is 141 cm³/mol. The number of fused-ring (bicyclic) bond motifs is 1. The third kappa shape index (κ3) is 5.37. The van der Waals surface area contributed by atoms with Gasteiger partial charge in [0.2, 0.25) is 5.91 Å². The van der Waals surface area contributed by atoms with Gasteiger partial charge in [-0.05, 0) is 42.8 Å². The summed E-state index contributed by atoms with van der Waals surface area (Å²) in [5.74, 6) is -0.129. The van der Waals surface area contributed by atoms with Gasteiger partial charge in [0.1, 0.15) is 17.6 Å². The third-order valence-corrected chi connectivity index (χ3v) is 7.23. The molecule has 0 saturated carbocycles. The van der Waals surface area contributed by atoms with Crippen LogP contribution in [0.5, 0.6) is 5.75 Å². The minimum absolute atomic E-state index is 0.0614. The van der Waals surface area contributed by atoms with E-state index < -0.39 is 35.3 Å². The highest BCUT2D eigenvalue weighted by atomic mass is 32.2. The Morgan fingerprint density at radius 3 is 2.55 bits per heavy atom. The molecule has 1 amide bonds. The molecule has 1 aromatic carbocycles. The zero-order chi connectivity index (χ0) is 27.4. The number of pyridine rings is 1. The maximum absolute atomic E-state index is 13.5. The van der Waals surface area contributed by atoms with E-state index in [1.165, 1.54) is 18.9 Å². The van der Waals surface area contributed by atoms with Crippen LogP contribution >= 0.6 is 11.8 Å². The fourth-order valence-electron chi connectivity index (χ4n) is 4.10. The number of hydrogen-bond acceptors (Lipinski definition) is 9. The van der Waals surface area contributed by atoms with E-state index in [0.717, 1.165) is 24.4 Å². The number of nitrogens with two attached hydrogens (primary N) is 1. The lowest BCUT2D eigenvalue weighted by Crippen LogP contribution is -2.41. The van der Waals surface area contributed by atoms with Gasteiger partial charge < -0.3 is 20.5 Å². The number of aromatic nitrogens is 4. The topological polar surface area (TPSA) is 152 Å². The molecule has 38 heavy (non-hydrogen) atoms. The number of allylic oxidation sites excluding steroid dienone is 1. The van der Waals surface area contributed by atoms with Crippen molar-refractivity contribution >= 4 is 29.5 Å². The molecule has 12 nitrogen and oxygen atoms in total. The van der Waals surface area contributed by atoms with Crippen molar-refractivity contribution in [3.63, 3.8) is 0 Å². The molecule has 13 heteroatoms. The lowest BCUT2D eigenvalue weighted by Gasteiger charge is -2.20. The van der Waals surface area contributed by atoms with Crippen LogP contribution < -0.4 is 27.2 Å². The summed E-state index contributed by atoms with van der Waals surface area (Å²) < 4.78 is 13.1. The van der Waals surface area contributed by atoms with Crippen molar-refractivity contribution in [2.45, 2.75) is 37.0 Å². The summed E-state index contributed by atoms with van der Waals surface area (Å²) in [6.45, 7) is 2.01. The van der Waals surface area contributed by atoms with Crippen LogP contribution in [0.1, 0.15) is 23.3 Å². The average Bonchev–Trinajstić information content (AvgIpc) is 3.18. The highest BCUT2D eigenvalue weighted by Gasteiger charge is 2.33. The number of ether oxygens (including phenoxy) is 2. The molecule has 0 aliphatic carbocycles. The van der Waals surface area contributed by atoms with Crippen LogP contribution in [-0.4, -0.2) is 50.8 Å². The molecule has 1 aliphatic heterocycles. The van der Waals surface area contributed by atoms with E-state index >= 15 is 0 Å². The van der Waals surface area contributed by atoms with E-state index in [1.807, 2.05) is 0 Å². The van der Waals surface area contributed by atoms with Crippen LogP contribution in [0.2, 0.25) is 0 Å². The number of thioether (sulfide) groups is 1. The van der Waals surface area contributed by atoms with E-state index in [1.54, 1.807) is 62.6 Å². The zero-order valence-corrected chi connectivity index (χ0v) is 21.9. The van der Waals surface area contributed by atoms with Gasteiger partial charge in [-0.15, -0.1) is 11.8 Å². The fraction of sp³-hybridized carbons (Fsp3) is 0.320. The molecule has 0 fully saturated rings. The minimum atomic E-state index is -1.20. The number of carbonyl (C=O) groups excluding carboxylic acids is 2. The lowest BCUT2D eigenvalue weighted by atomic mass is 10.2. The van der Waals surface area contributed by atoms with Gasteiger partial charge in [-0.2, -0.15) is 0 Å². The maximum atomic E-state index is 13.5. The summed E-state index contributed by atoms with van der Waals surface area (Å²) in [6, 6.07) is 8.25. The van der Waals surface area contributed by atoms with Crippen molar-refractivity contribution in [1.82, 2.24) is 24.2 Å². The second kappa shape index (κ2) is 11.4. The number of anilines is 1. The smallest absolute Gasteiger partial charge is 0.349 e. The lowest BCUT2D eigenvalue weighted by molar-refractivity contribution is -0.144. The maximum Gasteiger partial charge on any atom is 0.349 e. The number of nitrogens with zero attached hydrogens (tertiary/aromatic N) is 4. The first-order valence-electron chi connectivity index (χ1n) is 11.7. The molecule has 4 rings (SSSR count). The summed E-state index contributed by atoms with van der Waals surface area (Å²) in [5.41, 5.74) is 5.63. The van der Waals surface area contributed by atoms with Gasteiger partial charge in [0.15, 0.2) is 6.04 Å². The molecule has 2 aromatic heterocycles. The minimum Gasteiger partial charge on any atom is -0.497 e. The summed E-state index contributed by atoms with van der Waals surface area (Å²) >= 11 is 1.28. The molecule has 1 aliphatic rings. The number of rotatable bonds is 9. The molecule has 0 saturated heterocycles. The van der Waals surface area contributed by atoms with Crippen molar-refractivity contribution in [2.24, 2.45) is 0 Å². The molecule has 3 heterocycles. The van der Waals surface area contributed by atoms with Crippen molar-refractivity contribution in [3.8, 4) is 5.75 Å². The second-order valence-electron chi connectivity index (χ2n) is 8.46. The average molecular weight is 541 g/mol. The molecule has 3 aromatic rings. The Morgan fingerprint density at radius 2 is 1.89 bits per heavy atom. The normalized spacial score (nSPS) is 15.0. The Kier molecular flexibility index (Phi) is 8.05. The Morgan fingerprint density at radius 1 is 1.16 bits per heavy atom. The fourth-order valence-corrected chi connectivity index (χ4v) is 5.06. The van der Waals surface area contributed by atoms with E-state index in [9.17, 15) is 19.2 Å². The first-order valence-corrected chi connectivity index (χ1v) is 12.7. The van der Waals surface area contributed by atoms with Crippen molar-refractivity contribution in [1.29, 1.82) is 0 Å². The predicted octanol–water partition coefficient (Wildman–Crippen LogP) is 1.04. The zero-order valence-electron chi connectivity index (χ0n) is 21.1. The Hall–Kier alpha value is -4.26. The molecule has 3 N–H and O–H groups in total. The second-order valence-corrected chi connectivity index (χ2v) is 9.55. The first-order chi connectivity index (χ1) is 18.2. The summed E-state index contributed by atoms with van der Waals surface area (Å²) in [5, 5.41) is 2.78. The van der Waals surface area contributed by atoms with Gasteiger partial charge in [0, 0.05) is 22.9 Å². The number of aryl methyl sites for hydroxylation is 1. The first kappa shape index (κ1) is 26.8. The molecule has 0 radical (unpaired) electrons. The molecule has 2 atom stereocenters. The number of methoxy groups -OCH3 is 2. The largest absolute Gasteiger partial charge is 0.497 e. The highest BCUT2D eigenvalue weighted by Crippen LogP contribution is 2.25. The monoisotopic (exact) mass is 540 g/mol. The van der Waals surface area contributed by atoms with E-state index in [2.05, 4.69) is 10.3 Å². The van der Waals surface area contributed by atoms with Gasteiger partial charge in [-0.25, -0.2) is 33.3 Å². The van der Waals surface area contributed by atoms with Crippen LogP contribution in [-0.2, 0) is 27.4 Å². The molecular formula is C25H28N6O6S. The Bertz CT molecular complexity index is 1490. The number of benzene rings is 1. The van der Waals surface area contributed by atoms with E-state index in [-0.39, 0.29) is 18.8 Å². The molecular weight excluding hydrogens is 512 g/mol. The van der Waals surface area contributed by atoms with Crippen LogP contribution in [0.3, 0.4) is 0 Å². The van der Waals surface area contributed by atoms with Crippen molar-refractivity contribution in [2.75, 3.05) is 25.7 Å². The Balaban J connectivity index is 1.60. The van der Waals surface area contributed by atoms with Crippen molar-refractivity contribution < 1.29 is 19.1 Å². The van der Waals surface area contributed by atoms with Gasteiger partial charge in [-0.1, -0.05) is 18.2 Å². The van der Waals surface area contributed by atoms with Gasteiger partial charge in [0.05, 0.1) is 20.8 Å². The van der Waals surface area contributed by atoms with Crippen LogP contribution in [0.25, 0.3) is 0 Å². The van der Waals surface area contributed by atoms with Crippen LogP contribution in [0.4, 0.5) is 5.82 Å². The molecule has 0 spiro atoms. The number of esters is 1. The number of nitrogens with one attached hydrogen (secondary N) is 1. The van der Waals surface area contributed by atoms with Gasteiger partial charge in [0.25, 0.3) is 0 Å². The SMILES string of the molecule is COC(=O)C(CSc1ccc(OC)cc1)n1c(=O)n2n(c1=O)C(C(=O)NCc1ccc(N)nc1C)C=CC2. The third-order valence-electron chi connectivity index (χ3n) is 6.14. The van der Waals surface area contributed by atoms with Gasteiger partial charge >= 0.3 is 17.3 Å². The van der Waals surface area contributed by atoms with Crippen molar-refractivity contribution in [3.05, 3.63) is 80.8 Å². The standard InChI is InChI=1S/C25H28N6O6S/c1-15-16(6-11-21(26)28-15)13-27-22(32)19-5-4-12-29-24(34)30(25(35)31(19)29)20(23(33)37-3)14-38-18-9-7-17(36-2)8-10-18/h4-11,19-20H,12-14H2,1-3H3,(H2,26,28)(H,27,32). The summed E-state index contributed by atoms with van der Waals surface area (Å²) in [4.78, 5) is 57.6. The summed E-state index contributed by atoms with van der Waals surface area (Å²) in [7, 11) is 2.75. The number of carbonyl (C=O) groups is 2. The summed E-state index contributed by atoms with van der Waals surface area (Å²) in [6.07, 6.45) is 3.18. The quantitative estimate of drug-likeness (QED) is 0.230. The highest BCUT2D eigenvalue weighted by molar-refractivity contribution is 7.99.